The van der Waals surface area contributed by atoms with Crippen LogP contribution < -0.4 is 4.74 Å². The van der Waals surface area contributed by atoms with Gasteiger partial charge in [-0.3, -0.25) is 0 Å². The Balaban J connectivity index is 2.01. The Bertz CT molecular complexity index is 722. The average Bonchev–Trinajstić information content (AvgIpc) is 2.76. The summed E-state index contributed by atoms with van der Waals surface area (Å²) in [5, 5.41) is 0. The lowest BCUT2D eigenvalue weighted by molar-refractivity contribution is 0.227. The minimum absolute atomic E-state index is 0.164. The quantitative estimate of drug-likeness (QED) is 0.788. The van der Waals surface area contributed by atoms with Gasteiger partial charge in [-0.15, -0.1) is 0 Å². The molecule has 3 heteroatoms. The van der Waals surface area contributed by atoms with Gasteiger partial charge < -0.3 is 4.74 Å². The van der Waals surface area contributed by atoms with Crippen LogP contribution in [0, 0.1) is 5.41 Å². The standard InChI is InChI=1S/C17H20N2O/c1-16(2)11-7-8-17(16,3)15-14(11)18-12-6-5-10(20-4)9-13(12)19-15/h5-6,9,11H,7-8H2,1-4H3. The molecule has 0 amide bonds. The Kier molecular flexibility index (Phi) is 2.13. The molecule has 0 aliphatic heterocycles. The maximum absolute atomic E-state index is 5.30. The van der Waals surface area contributed by atoms with Gasteiger partial charge in [0.1, 0.15) is 5.75 Å². The molecule has 2 unspecified atom stereocenters. The van der Waals surface area contributed by atoms with E-state index >= 15 is 0 Å². The van der Waals surface area contributed by atoms with E-state index in [-0.39, 0.29) is 10.8 Å². The van der Waals surface area contributed by atoms with Crippen LogP contribution in [-0.2, 0) is 5.41 Å². The highest BCUT2D eigenvalue weighted by Gasteiger charge is 2.61. The van der Waals surface area contributed by atoms with Gasteiger partial charge in [-0.1, -0.05) is 20.8 Å². The summed E-state index contributed by atoms with van der Waals surface area (Å²) in [6.07, 6.45) is 2.47. The maximum atomic E-state index is 5.30. The topological polar surface area (TPSA) is 35.0 Å². The molecule has 2 aliphatic carbocycles. The van der Waals surface area contributed by atoms with Gasteiger partial charge >= 0.3 is 0 Å². The molecule has 4 rings (SSSR count). The number of aromatic nitrogens is 2. The summed E-state index contributed by atoms with van der Waals surface area (Å²) in [5.74, 6) is 1.40. The van der Waals surface area contributed by atoms with E-state index in [1.165, 1.54) is 24.2 Å². The highest BCUT2D eigenvalue weighted by Crippen LogP contribution is 2.66. The zero-order valence-electron chi connectivity index (χ0n) is 12.5. The molecule has 2 bridgehead atoms. The zero-order valence-corrected chi connectivity index (χ0v) is 12.5. The maximum Gasteiger partial charge on any atom is 0.121 e. The smallest absolute Gasteiger partial charge is 0.121 e. The van der Waals surface area contributed by atoms with E-state index in [0.717, 1.165) is 16.8 Å². The van der Waals surface area contributed by atoms with Crippen LogP contribution in [0.4, 0.5) is 0 Å². The third-order valence-corrected chi connectivity index (χ3v) is 5.98. The first-order valence-electron chi connectivity index (χ1n) is 7.33. The van der Waals surface area contributed by atoms with Gasteiger partial charge in [-0.05, 0) is 30.4 Å². The summed E-state index contributed by atoms with van der Waals surface area (Å²) in [6.45, 7) is 7.11. The molecular weight excluding hydrogens is 248 g/mol. The number of ether oxygens (including phenoxy) is 1. The van der Waals surface area contributed by atoms with Crippen LogP contribution in [0.3, 0.4) is 0 Å². The fourth-order valence-corrected chi connectivity index (χ4v) is 4.23. The highest BCUT2D eigenvalue weighted by atomic mass is 16.5. The molecule has 1 saturated carbocycles. The molecule has 1 fully saturated rings. The molecule has 0 saturated heterocycles. The number of hydrogen-bond acceptors (Lipinski definition) is 3. The van der Waals surface area contributed by atoms with Crippen molar-refractivity contribution in [3.05, 3.63) is 29.6 Å². The first-order chi connectivity index (χ1) is 9.47. The first-order valence-corrected chi connectivity index (χ1v) is 7.33. The van der Waals surface area contributed by atoms with E-state index < -0.39 is 0 Å². The van der Waals surface area contributed by atoms with Gasteiger partial charge in [-0.2, -0.15) is 0 Å². The van der Waals surface area contributed by atoms with Crippen LogP contribution in [0.15, 0.2) is 18.2 Å². The fraction of sp³-hybridized carbons (Fsp3) is 0.529. The lowest BCUT2D eigenvalue weighted by Crippen LogP contribution is -2.31. The van der Waals surface area contributed by atoms with Crippen molar-refractivity contribution >= 4 is 11.0 Å². The van der Waals surface area contributed by atoms with E-state index in [1.54, 1.807) is 7.11 Å². The van der Waals surface area contributed by atoms with Gasteiger partial charge in [0.2, 0.25) is 0 Å². The Morgan fingerprint density at radius 1 is 1.15 bits per heavy atom. The van der Waals surface area contributed by atoms with Crippen LogP contribution in [0.25, 0.3) is 11.0 Å². The van der Waals surface area contributed by atoms with Gasteiger partial charge in [0.25, 0.3) is 0 Å². The summed E-state index contributed by atoms with van der Waals surface area (Å²) in [7, 11) is 1.69. The molecule has 2 atom stereocenters. The zero-order chi connectivity index (χ0) is 14.1. The number of benzene rings is 1. The molecule has 20 heavy (non-hydrogen) atoms. The molecule has 0 N–H and O–H groups in total. The van der Waals surface area contributed by atoms with E-state index in [0.29, 0.717) is 5.92 Å². The molecule has 1 aromatic heterocycles. The third-order valence-electron chi connectivity index (χ3n) is 5.98. The number of methoxy groups -OCH3 is 1. The van der Waals surface area contributed by atoms with Crippen molar-refractivity contribution in [2.45, 2.75) is 44.9 Å². The summed E-state index contributed by atoms with van der Waals surface area (Å²) in [6, 6.07) is 5.97. The SMILES string of the molecule is COc1ccc2nc3c(nc2c1)C1(C)CCC3C1(C)C. The predicted molar refractivity (Wildman–Crippen MR) is 79.2 cm³/mol. The van der Waals surface area contributed by atoms with Gasteiger partial charge in [0.15, 0.2) is 0 Å². The monoisotopic (exact) mass is 268 g/mol. The van der Waals surface area contributed by atoms with Crippen LogP contribution in [-0.4, -0.2) is 17.1 Å². The molecule has 3 nitrogen and oxygen atoms in total. The van der Waals surface area contributed by atoms with E-state index in [4.69, 9.17) is 14.7 Å². The summed E-state index contributed by atoms with van der Waals surface area (Å²) < 4.78 is 5.30. The van der Waals surface area contributed by atoms with Crippen molar-refractivity contribution in [1.29, 1.82) is 0 Å². The number of nitrogens with zero attached hydrogens (tertiary/aromatic N) is 2. The average molecular weight is 268 g/mol. The minimum Gasteiger partial charge on any atom is -0.497 e. The molecule has 1 aromatic carbocycles. The summed E-state index contributed by atoms with van der Waals surface area (Å²) >= 11 is 0. The van der Waals surface area contributed by atoms with Crippen molar-refractivity contribution in [2.75, 3.05) is 7.11 Å². The van der Waals surface area contributed by atoms with E-state index in [9.17, 15) is 0 Å². The van der Waals surface area contributed by atoms with Crippen molar-refractivity contribution in [2.24, 2.45) is 5.41 Å². The van der Waals surface area contributed by atoms with Gasteiger partial charge in [-0.25, -0.2) is 9.97 Å². The third kappa shape index (κ3) is 1.22. The first kappa shape index (κ1) is 12.1. The lowest BCUT2D eigenvalue weighted by Gasteiger charge is -2.34. The predicted octanol–water partition coefficient (Wildman–Crippen LogP) is 3.81. The molecule has 0 radical (unpaired) electrons. The van der Waals surface area contributed by atoms with Crippen LogP contribution in [0.5, 0.6) is 5.75 Å². The van der Waals surface area contributed by atoms with Crippen LogP contribution >= 0.6 is 0 Å². The highest BCUT2D eigenvalue weighted by molar-refractivity contribution is 5.77. The summed E-state index contributed by atoms with van der Waals surface area (Å²) in [5.41, 5.74) is 4.82. The van der Waals surface area contributed by atoms with Crippen molar-refractivity contribution in [1.82, 2.24) is 9.97 Å². The van der Waals surface area contributed by atoms with Gasteiger partial charge in [0, 0.05) is 17.4 Å². The molecule has 2 aliphatic rings. The fourth-order valence-electron chi connectivity index (χ4n) is 4.23. The lowest BCUT2D eigenvalue weighted by atomic mass is 9.70. The second-order valence-electron chi connectivity index (χ2n) is 6.96. The van der Waals surface area contributed by atoms with Crippen LogP contribution in [0.1, 0.15) is 50.9 Å². The van der Waals surface area contributed by atoms with Gasteiger partial charge in [0.05, 0.1) is 29.5 Å². The van der Waals surface area contributed by atoms with E-state index in [2.05, 4.69) is 20.8 Å². The molecule has 0 spiro atoms. The van der Waals surface area contributed by atoms with E-state index in [1.807, 2.05) is 18.2 Å². The molecule has 104 valence electrons. The van der Waals surface area contributed by atoms with Crippen LogP contribution in [0.2, 0.25) is 0 Å². The number of rotatable bonds is 1. The Hall–Kier alpha value is -1.64. The second kappa shape index (κ2) is 3.51. The summed E-state index contributed by atoms with van der Waals surface area (Å²) in [4.78, 5) is 9.91. The van der Waals surface area contributed by atoms with Crippen molar-refractivity contribution in [3.63, 3.8) is 0 Å². The Morgan fingerprint density at radius 3 is 2.70 bits per heavy atom. The molecule has 2 aromatic rings. The van der Waals surface area contributed by atoms with Crippen molar-refractivity contribution in [3.8, 4) is 5.75 Å². The number of hydrogen-bond donors (Lipinski definition) is 0. The minimum atomic E-state index is 0.164. The Morgan fingerprint density at radius 2 is 1.95 bits per heavy atom. The molecular formula is C17H20N2O. The number of fused-ring (bicyclic) bond motifs is 6. The molecule has 1 heterocycles. The normalized spacial score (nSPS) is 29.7. The largest absolute Gasteiger partial charge is 0.497 e. The Labute approximate surface area is 119 Å². The second-order valence-corrected chi connectivity index (χ2v) is 6.96. The van der Waals surface area contributed by atoms with Crippen molar-refractivity contribution < 1.29 is 4.74 Å².